The molecule has 0 amide bonds. The lowest BCUT2D eigenvalue weighted by Gasteiger charge is -2.27. The van der Waals surface area contributed by atoms with Gasteiger partial charge in [0.15, 0.2) is 5.58 Å². The maximum Gasteiger partial charge on any atom is 0.335 e. The minimum atomic E-state index is -0.960. The fraction of sp³-hybridized carbons (Fsp3) is 0.500. The fourth-order valence-corrected chi connectivity index (χ4v) is 3.07. The molecule has 1 aromatic heterocycles. The van der Waals surface area contributed by atoms with Crippen molar-refractivity contribution in [1.29, 1.82) is 0 Å². The summed E-state index contributed by atoms with van der Waals surface area (Å²) in [7, 11) is 0. The summed E-state index contributed by atoms with van der Waals surface area (Å²) in [6, 6.07) is 5.53. The number of oxazole rings is 1. The molecule has 0 aliphatic heterocycles. The Labute approximate surface area is 123 Å². The number of nitrogens with zero attached hydrogens (tertiary/aromatic N) is 1. The molecule has 0 bridgehead atoms. The van der Waals surface area contributed by atoms with Gasteiger partial charge in [0, 0.05) is 6.04 Å². The first-order chi connectivity index (χ1) is 10.1. The molecule has 2 aromatic rings. The number of benzene rings is 1. The Morgan fingerprint density at radius 2 is 2.14 bits per heavy atom. The third kappa shape index (κ3) is 3.01. The lowest BCUT2D eigenvalue weighted by Crippen LogP contribution is -2.27. The highest BCUT2D eigenvalue weighted by molar-refractivity contribution is 5.92. The predicted molar refractivity (Wildman–Crippen MR) is 80.6 cm³/mol. The highest BCUT2D eigenvalue weighted by Crippen LogP contribution is 2.29. The van der Waals surface area contributed by atoms with Crippen LogP contribution in [0, 0.1) is 5.92 Å². The van der Waals surface area contributed by atoms with Crippen molar-refractivity contribution in [3.05, 3.63) is 23.8 Å². The molecular weight excluding hydrogens is 268 g/mol. The van der Waals surface area contributed by atoms with E-state index in [-0.39, 0.29) is 5.56 Å². The van der Waals surface area contributed by atoms with Crippen molar-refractivity contribution in [2.24, 2.45) is 5.92 Å². The molecule has 5 nitrogen and oxygen atoms in total. The SMILES string of the molecule is CC(Nc1nc2ccc(C(=O)O)cc2o1)C1CCCCC1. The molecule has 1 aliphatic carbocycles. The number of hydrogen-bond donors (Lipinski definition) is 2. The number of aromatic nitrogens is 1. The van der Waals surface area contributed by atoms with E-state index in [9.17, 15) is 4.79 Å². The van der Waals surface area contributed by atoms with Crippen LogP contribution >= 0.6 is 0 Å². The molecule has 5 heteroatoms. The summed E-state index contributed by atoms with van der Waals surface area (Å²) in [6.45, 7) is 2.16. The van der Waals surface area contributed by atoms with Crippen LogP contribution in [-0.4, -0.2) is 22.1 Å². The molecule has 2 N–H and O–H groups in total. The normalized spacial score (nSPS) is 17.8. The number of carbonyl (C=O) groups is 1. The summed E-state index contributed by atoms with van der Waals surface area (Å²) >= 11 is 0. The number of rotatable bonds is 4. The van der Waals surface area contributed by atoms with Gasteiger partial charge in [-0.1, -0.05) is 19.3 Å². The molecular formula is C16H20N2O3. The molecule has 0 saturated heterocycles. The third-order valence-corrected chi connectivity index (χ3v) is 4.34. The number of aromatic carboxylic acids is 1. The van der Waals surface area contributed by atoms with Gasteiger partial charge in [0.1, 0.15) is 5.52 Å². The number of hydrogen-bond acceptors (Lipinski definition) is 4. The first-order valence-corrected chi connectivity index (χ1v) is 7.54. The zero-order valence-corrected chi connectivity index (χ0v) is 12.1. The molecule has 1 aliphatic rings. The van der Waals surface area contributed by atoms with Gasteiger partial charge in [-0.05, 0) is 43.9 Å². The zero-order valence-electron chi connectivity index (χ0n) is 12.1. The maximum absolute atomic E-state index is 11.0. The largest absolute Gasteiger partial charge is 0.478 e. The second kappa shape index (κ2) is 5.76. The summed E-state index contributed by atoms with van der Waals surface area (Å²) in [6.07, 6.45) is 6.43. The van der Waals surface area contributed by atoms with E-state index in [2.05, 4.69) is 17.2 Å². The molecule has 1 unspecified atom stereocenters. The monoisotopic (exact) mass is 288 g/mol. The molecule has 0 radical (unpaired) electrons. The average Bonchev–Trinajstić information content (AvgIpc) is 2.89. The Kier molecular flexibility index (Phi) is 3.82. The van der Waals surface area contributed by atoms with Crippen LogP contribution in [0.5, 0.6) is 0 Å². The molecule has 1 fully saturated rings. The fourth-order valence-electron chi connectivity index (χ4n) is 3.07. The second-order valence-corrected chi connectivity index (χ2v) is 5.84. The van der Waals surface area contributed by atoms with E-state index >= 15 is 0 Å². The Morgan fingerprint density at radius 1 is 1.38 bits per heavy atom. The van der Waals surface area contributed by atoms with Gasteiger partial charge in [-0.25, -0.2) is 4.79 Å². The van der Waals surface area contributed by atoms with Crippen molar-refractivity contribution >= 4 is 23.1 Å². The van der Waals surface area contributed by atoms with Crippen LogP contribution in [0.2, 0.25) is 0 Å². The Bertz CT molecular complexity index is 644. The third-order valence-electron chi connectivity index (χ3n) is 4.34. The first-order valence-electron chi connectivity index (χ1n) is 7.54. The minimum absolute atomic E-state index is 0.213. The number of carboxylic acid groups (broad SMARTS) is 1. The van der Waals surface area contributed by atoms with Gasteiger partial charge in [-0.3, -0.25) is 0 Å². The van der Waals surface area contributed by atoms with Crippen molar-refractivity contribution in [2.75, 3.05) is 5.32 Å². The molecule has 1 aromatic carbocycles. The standard InChI is InChI=1S/C16H20N2O3/c1-10(11-5-3-2-4-6-11)17-16-18-13-8-7-12(15(19)20)9-14(13)21-16/h7-11H,2-6H2,1H3,(H,17,18)(H,19,20). The van der Waals surface area contributed by atoms with Crippen LogP contribution in [0.1, 0.15) is 49.4 Å². The minimum Gasteiger partial charge on any atom is -0.478 e. The van der Waals surface area contributed by atoms with Gasteiger partial charge in [-0.15, -0.1) is 0 Å². The van der Waals surface area contributed by atoms with E-state index in [1.165, 1.54) is 38.2 Å². The van der Waals surface area contributed by atoms with Crippen molar-refractivity contribution < 1.29 is 14.3 Å². The van der Waals surface area contributed by atoms with E-state index in [0.29, 0.717) is 29.1 Å². The van der Waals surface area contributed by atoms with Gasteiger partial charge in [0.2, 0.25) is 0 Å². The average molecular weight is 288 g/mol. The zero-order chi connectivity index (χ0) is 14.8. The van der Waals surface area contributed by atoms with Crippen LogP contribution < -0.4 is 5.32 Å². The Morgan fingerprint density at radius 3 is 2.86 bits per heavy atom. The van der Waals surface area contributed by atoms with Gasteiger partial charge in [0.05, 0.1) is 5.56 Å². The lowest BCUT2D eigenvalue weighted by molar-refractivity contribution is 0.0697. The number of carboxylic acids is 1. The van der Waals surface area contributed by atoms with Crippen molar-refractivity contribution in [2.45, 2.75) is 45.1 Å². The molecule has 0 spiro atoms. The summed E-state index contributed by atoms with van der Waals surface area (Å²) in [4.78, 5) is 15.3. The molecule has 1 heterocycles. The van der Waals surface area contributed by atoms with Gasteiger partial charge < -0.3 is 14.8 Å². The van der Waals surface area contributed by atoms with E-state index in [4.69, 9.17) is 9.52 Å². The molecule has 3 rings (SSSR count). The number of anilines is 1. The van der Waals surface area contributed by atoms with E-state index in [0.717, 1.165) is 0 Å². The highest BCUT2D eigenvalue weighted by Gasteiger charge is 2.21. The molecule has 1 atom stereocenters. The van der Waals surface area contributed by atoms with E-state index in [1.807, 2.05) is 0 Å². The molecule has 112 valence electrons. The summed E-state index contributed by atoms with van der Waals surface area (Å²) in [5, 5.41) is 12.3. The summed E-state index contributed by atoms with van der Waals surface area (Å²) < 4.78 is 5.63. The van der Waals surface area contributed by atoms with Crippen molar-refractivity contribution in [1.82, 2.24) is 4.98 Å². The predicted octanol–water partition coefficient (Wildman–Crippen LogP) is 3.91. The van der Waals surface area contributed by atoms with Gasteiger partial charge >= 0.3 is 5.97 Å². The van der Waals surface area contributed by atoms with Crippen LogP contribution in [0.3, 0.4) is 0 Å². The molecule has 21 heavy (non-hydrogen) atoms. The summed E-state index contributed by atoms with van der Waals surface area (Å²) in [5.41, 5.74) is 1.40. The Balaban J connectivity index is 1.76. The lowest BCUT2D eigenvalue weighted by atomic mass is 9.85. The first kappa shape index (κ1) is 13.9. The van der Waals surface area contributed by atoms with Crippen LogP contribution in [0.25, 0.3) is 11.1 Å². The van der Waals surface area contributed by atoms with Crippen molar-refractivity contribution in [3.8, 4) is 0 Å². The Hall–Kier alpha value is -2.04. The topological polar surface area (TPSA) is 75.4 Å². The molecule has 1 saturated carbocycles. The maximum atomic E-state index is 11.0. The summed E-state index contributed by atoms with van der Waals surface area (Å²) in [5.74, 6) is -0.304. The van der Waals surface area contributed by atoms with Crippen LogP contribution in [0.15, 0.2) is 22.6 Å². The van der Waals surface area contributed by atoms with E-state index in [1.54, 1.807) is 12.1 Å². The van der Waals surface area contributed by atoms with Crippen molar-refractivity contribution in [3.63, 3.8) is 0 Å². The number of nitrogens with one attached hydrogen (secondary N) is 1. The number of fused-ring (bicyclic) bond motifs is 1. The van der Waals surface area contributed by atoms with Crippen LogP contribution in [-0.2, 0) is 0 Å². The second-order valence-electron chi connectivity index (χ2n) is 5.84. The van der Waals surface area contributed by atoms with Gasteiger partial charge in [0.25, 0.3) is 6.01 Å². The quantitative estimate of drug-likeness (QED) is 0.892. The van der Waals surface area contributed by atoms with Gasteiger partial charge in [-0.2, -0.15) is 4.98 Å². The van der Waals surface area contributed by atoms with Crippen LogP contribution in [0.4, 0.5) is 6.01 Å². The van der Waals surface area contributed by atoms with E-state index < -0.39 is 5.97 Å². The highest BCUT2D eigenvalue weighted by atomic mass is 16.4. The smallest absolute Gasteiger partial charge is 0.335 e.